The quantitative estimate of drug-likeness (QED) is 0.341. The van der Waals surface area contributed by atoms with Crippen LogP contribution in [-0.4, -0.2) is 49.6 Å². The molecule has 6 nitrogen and oxygen atoms in total. The van der Waals surface area contributed by atoms with E-state index in [2.05, 4.69) is 34.6 Å². The van der Waals surface area contributed by atoms with Gasteiger partial charge in [0.1, 0.15) is 5.75 Å². The molecule has 1 aliphatic heterocycles. The van der Waals surface area contributed by atoms with Crippen molar-refractivity contribution >= 4 is 35.8 Å². The molecule has 1 aliphatic rings. The van der Waals surface area contributed by atoms with Gasteiger partial charge < -0.3 is 20.3 Å². The number of nitrogens with zero attached hydrogens (tertiary/aromatic N) is 2. The highest BCUT2D eigenvalue weighted by molar-refractivity contribution is 14.0. The summed E-state index contributed by atoms with van der Waals surface area (Å²) in [7, 11) is 1.70. The summed E-state index contributed by atoms with van der Waals surface area (Å²) in [5.74, 6) is 2.44. The van der Waals surface area contributed by atoms with Crippen molar-refractivity contribution in [2.75, 3.05) is 26.7 Å². The van der Waals surface area contributed by atoms with E-state index >= 15 is 0 Å². The van der Waals surface area contributed by atoms with E-state index in [0.29, 0.717) is 18.9 Å². The van der Waals surface area contributed by atoms with Gasteiger partial charge >= 0.3 is 0 Å². The van der Waals surface area contributed by atoms with Gasteiger partial charge in [-0.1, -0.05) is 12.1 Å². The molecule has 0 spiro atoms. The maximum atomic E-state index is 11.6. The molecule has 1 fully saturated rings. The number of carbonyl (C=O) groups is 1. The number of aliphatic imine (C=N–C) groups is 1. The van der Waals surface area contributed by atoms with E-state index in [1.54, 1.807) is 7.05 Å². The molecule has 0 saturated carbocycles. The first-order valence-electron chi connectivity index (χ1n) is 10.0. The topological polar surface area (TPSA) is 66.0 Å². The largest absolute Gasteiger partial charge is 0.491 e. The van der Waals surface area contributed by atoms with Gasteiger partial charge in [0.15, 0.2) is 5.96 Å². The summed E-state index contributed by atoms with van der Waals surface area (Å²) in [5.41, 5.74) is 1.14. The molecule has 1 aromatic carbocycles. The van der Waals surface area contributed by atoms with Crippen LogP contribution in [0.1, 0.15) is 45.6 Å². The summed E-state index contributed by atoms with van der Waals surface area (Å²) in [5, 5.41) is 6.12. The standard InChI is InChI=1S/C21H34N4O2.HI/c1-5-23-21(25-11-9-17(10-12-25)14-20(26)22-4)24-15-18-7-6-8-19(13-18)27-16(2)3;/h6-8,13,16-17H,5,9-12,14-15H2,1-4H3,(H,22,26)(H,23,24);1H. The maximum Gasteiger partial charge on any atom is 0.220 e. The Morgan fingerprint density at radius 3 is 2.64 bits per heavy atom. The van der Waals surface area contributed by atoms with Crippen LogP contribution >= 0.6 is 24.0 Å². The Morgan fingerprint density at radius 1 is 1.32 bits per heavy atom. The molecule has 0 bridgehead atoms. The zero-order valence-corrected chi connectivity index (χ0v) is 19.9. The summed E-state index contributed by atoms with van der Waals surface area (Å²) >= 11 is 0. The first kappa shape index (κ1) is 24.5. The predicted molar refractivity (Wildman–Crippen MR) is 125 cm³/mol. The van der Waals surface area contributed by atoms with Gasteiger partial charge in [-0.15, -0.1) is 24.0 Å². The minimum absolute atomic E-state index is 0. The van der Waals surface area contributed by atoms with Crippen LogP contribution in [-0.2, 0) is 11.3 Å². The number of amides is 1. The monoisotopic (exact) mass is 502 g/mol. The molecule has 28 heavy (non-hydrogen) atoms. The molecular weight excluding hydrogens is 467 g/mol. The molecular formula is C21H35IN4O2. The number of carbonyl (C=O) groups excluding carboxylic acids is 1. The van der Waals surface area contributed by atoms with E-state index in [-0.39, 0.29) is 36.0 Å². The lowest BCUT2D eigenvalue weighted by molar-refractivity contribution is -0.121. The van der Waals surface area contributed by atoms with Gasteiger partial charge in [0.05, 0.1) is 12.6 Å². The smallest absolute Gasteiger partial charge is 0.220 e. The van der Waals surface area contributed by atoms with Gasteiger partial charge in [0, 0.05) is 33.1 Å². The number of halogens is 1. The molecule has 1 saturated heterocycles. The number of piperidine rings is 1. The Balaban J connectivity index is 0.00000392. The van der Waals surface area contributed by atoms with Crippen LogP contribution in [0.4, 0.5) is 0 Å². The fraction of sp³-hybridized carbons (Fsp3) is 0.619. The second-order valence-electron chi connectivity index (χ2n) is 7.29. The molecule has 1 heterocycles. The third kappa shape index (κ3) is 8.24. The molecule has 0 aliphatic carbocycles. The van der Waals surface area contributed by atoms with Crippen LogP contribution in [0.5, 0.6) is 5.75 Å². The first-order valence-corrected chi connectivity index (χ1v) is 10.0. The van der Waals surface area contributed by atoms with Crippen molar-refractivity contribution < 1.29 is 9.53 Å². The SMILES string of the molecule is CCNC(=NCc1cccc(OC(C)C)c1)N1CCC(CC(=O)NC)CC1.I. The summed E-state index contributed by atoms with van der Waals surface area (Å²) in [6.07, 6.45) is 2.84. The number of rotatable bonds is 7. The zero-order valence-electron chi connectivity index (χ0n) is 17.5. The van der Waals surface area contributed by atoms with E-state index in [1.165, 1.54) is 0 Å². The van der Waals surface area contributed by atoms with Gasteiger partial charge in [-0.2, -0.15) is 0 Å². The number of benzene rings is 1. The van der Waals surface area contributed by atoms with Crippen molar-refractivity contribution in [3.63, 3.8) is 0 Å². The summed E-state index contributed by atoms with van der Waals surface area (Å²) in [4.78, 5) is 18.7. The highest BCUT2D eigenvalue weighted by Crippen LogP contribution is 2.21. The number of likely N-dealkylation sites (tertiary alicyclic amines) is 1. The molecule has 0 atom stereocenters. The van der Waals surface area contributed by atoms with E-state index in [0.717, 1.165) is 49.7 Å². The molecule has 1 amide bonds. The second-order valence-corrected chi connectivity index (χ2v) is 7.29. The van der Waals surface area contributed by atoms with Crippen molar-refractivity contribution in [2.24, 2.45) is 10.9 Å². The molecule has 0 radical (unpaired) electrons. The molecule has 158 valence electrons. The highest BCUT2D eigenvalue weighted by atomic mass is 127. The van der Waals surface area contributed by atoms with Crippen molar-refractivity contribution in [3.8, 4) is 5.75 Å². The first-order chi connectivity index (χ1) is 13.0. The van der Waals surface area contributed by atoms with E-state index in [9.17, 15) is 4.79 Å². The van der Waals surface area contributed by atoms with Crippen molar-refractivity contribution in [3.05, 3.63) is 29.8 Å². The molecule has 2 rings (SSSR count). The normalized spacial score (nSPS) is 15.2. The lowest BCUT2D eigenvalue weighted by Gasteiger charge is -2.34. The fourth-order valence-corrected chi connectivity index (χ4v) is 3.29. The fourth-order valence-electron chi connectivity index (χ4n) is 3.29. The Bertz CT molecular complexity index is 629. The van der Waals surface area contributed by atoms with Gasteiger partial charge in [-0.05, 0) is 57.2 Å². The average molecular weight is 502 g/mol. The second kappa shape index (κ2) is 12.9. The number of hydrogen-bond acceptors (Lipinski definition) is 3. The Labute approximate surface area is 186 Å². The van der Waals surface area contributed by atoms with Crippen LogP contribution in [0, 0.1) is 5.92 Å². The van der Waals surface area contributed by atoms with Crippen LogP contribution < -0.4 is 15.4 Å². The van der Waals surface area contributed by atoms with Gasteiger partial charge in [-0.3, -0.25) is 4.79 Å². The maximum absolute atomic E-state index is 11.6. The highest BCUT2D eigenvalue weighted by Gasteiger charge is 2.23. The van der Waals surface area contributed by atoms with Crippen molar-refractivity contribution in [1.29, 1.82) is 0 Å². The lowest BCUT2D eigenvalue weighted by atomic mass is 9.93. The number of guanidine groups is 1. The Hall–Kier alpha value is -1.51. The van der Waals surface area contributed by atoms with Crippen LogP contribution in [0.2, 0.25) is 0 Å². The third-order valence-electron chi connectivity index (χ3n) is 4.68. The van der Waals surface area contributed by atoms with E-state index < -0.39 is 0 Å². The molecule has 2 N–H and O–H groups in total. The number of nitrogens with one attached hydrogen (secondary N) is 2. The average Bonchev–Trinajstić information content (AvgIpc) is 2.65. The van der Waals surface area contributed by atoms with Crippen molar-refractivity contribution in [2.45, 2.75) is 52.7 Å². The third-order valence-corrected chi connectivity index (χ3v) is 4.68. The number of ether oxygens (including phenoxy) is 1. The predicted octanol–water partition coefficient (Wildman–Crippen LogP) is 3.41. The minimum Gasteiger partial charge on any atom is -0.491 e. The summed E-state index contributed by atoms with van der Waals surface area (Å²) < 4.78 is 5.77. The van der Waals surface area contributed by atoms with E-state index in [1.807, 2.05) is 26.0 Å². The zero-order chi connectivity index (χ0) is 19.6. The van der Waals surface area contributed by atoms with Crippen LogP contribution in [0.15, 0.2) is 29.3 Å². The van der Waals surface area contributed by atoms with Gasteiger partial charge in [-0.25, -0.2) is 4.99 Å². The van der Waals surface area contributed by atoms with Gasteiger partial charge in [0.25, 0.3) is 0 Å². The lowest BCUT2D eigenvalue weighted by Crippen LogP contribution is -2.46. The molecule has 0 aromatic heterocycles. The van der Waals surface area contributed by atoms with Crippen molar-refractivity contribution in [1.82, 2.24) is 15.5 Å². The van der Waals surface area contributed by atoms with E-state index in [4.69, 9.17) is 9.73 Å². The summed E-state index contributed by atoms with van der Waals surface area (Å²) in [6, 6.07) is 8.13. The Morgan fingerprint density at radius 2 is 2.04 bits per heavy atom. The Kier molecular flexibility index (Phi) is 11.3. The van der Waals surface area contributed by atoms with Crippen LogP contribution in [0.25, 0.3) is 0 Å². The van der Waals surface area contributed by atoms with Crippen LogP contribution in [0.3, 0.4) is 0 Å². The molecule has 0 unspecified atom stereocenters. The number of hydrogen-bond donors (Lipinski definition) is 2. The van der Waals surface area contributed by atoms with Gasteiger partial charge in [0.2, 0.25) is 5.91 Å². The summed E-state index contributed by atoms with van der Waals surface area (Å²) in [6.45, 7) is 9.48. The molecule has 7 heteroatoms. The molecule has 1 aromatic rings. The minimum atomic E-state index is 0.